The average Bonchev–Trinajstić information content (AvgIpc) is 3.47. The van der Waals surface area contributed by atoms with Crippen LogP contribution in [-0.2, 0) is 13.0 Å². The van der Waals surface area contributed by atoms with Crippen molar-refractivity contribution in [3.63, 3.8) is 0 Å². The minimum absolute atomic E-state index is 0.481. The summed E-state index contributed by atoms with van der Waals surface area (Å²) in [5.74, 6) is 1.70. The van der Waals surface area contributed by atoms with E-state index < -0.39 is 0 Å². The third-order valence-corrected chi connectivity index (χ3v) is 5.73. The Morgan fingerprint density at radius 1 is 0.938 bits per heavy atom. The number of unbranched alkanes of at least 4 members (excludes halogenated alkanes) is 1. The standard InChI is InChI=1S/C24H22ClN7/c1-2-3-8-22-26-20-13-14-21(25)27-24(20)32(22)15-16-9-11-17(12-10-16)18-6-4-5-7-19(18)23-28-30-31-29-23/h4-7,9-14H,2-3,8,15H2,1H3,(H,28,29,30,31). The molecule has 0 amide bonds. The van der Waals surface area contributed by atoms with Gasteiger partial charge in [0.15, 0.2) is 11.5 Å². The van der Waals surface area contributed by atoms with Crippen LogP contribution < -0.4 is 0 Å². The van der Waals surface area contributed by atoms with E-state index in [0.717, 1.165) is 52.9 Å². The number of aryl methyl sites for hydroxylation is 1. The fourth-order valence-corrected chi connectivity index (χ4v) is 4.05. The van der Waals surface area contributed by atoms with Gasteiger partial charge in [-0.05, 0) is 45.7 Å². The maximum absolute atomic E-state index is 6.18. The summed E-state index contributed by atoms with van der Waals surface area (Å²) < 4.78 is 2.18. The van der Waals surface area contributed by atoms with Gasteiger partial charge in [-0.25, -0.2) is 15.1 Å². The molecule has 0 saturated carbocycles. The third-order valence-electron chi connectivity index (χ3n) is 5.52. The van der Waals surface area contributed by atoms with Crippen LogP contribution in [-0.4, -0.2) is 35.2 Å². The maximum atomic E-state index is 6.18. The Balaban J connectivity index is 1.48. The first-order chi connectivity index (χ1) is 15.7. The normalized spacial score (nSPS) is 11.3. The highest BCUT2D eigenvalue weighted by Crippen LogP contribution is 2.30. The van der Waals surface area contributed by atoms with Crippen LogP contribution >= 0.6 is 11.6 Å². The van der Waals surface area contributed by atoms with Crippen LogP contribution in [0.5, 0.6) is 0 Å². The molecule has 0 atom stereocenters. The summed E-state index contributed by atoms with van der Waals surface area (Å²) in [5.41, 5.74) is 6.02. The Hall–Kier alpha value is -3.58. The summed E-state index contributed by atoms with van der Waals surface area (Å²) in [6, 6.07) is 20.4. The SMILES string of the molecule is CCCCc1nc2ccc(Cl)nc2n1Cc1ccc(-c2ccccc2-c2nnn[nH]2)cc1. The van der Waals surface area contributed by atoms with E-state index >= 15 is 0 Å². The smallest absolute Gasteiger partial charge is 0.180 e. The van der Waals surface area contributed by atoms with Gasteiger partial charge in [-0.15, -0.1) is 5.10 Å². The van der Waals surface area contributed by atoms with Crippen molar-refractivity contribution in [2.45, 2.75) is 32.7 Å². The molecule has 0 aliphatic carbocycles. The molecule has 7 nitrogen and oxygen atoms in total. The highest BCUT2D eigenvalue weighted by atomic mass is 35.5. The zero-order valence-corrected chi connectivity index (χ0v) is 18.4. The van der Waals surface area contributed by atoms with Gasteiger partial charge in [0, 0.05) is 12.0 Å². The molecule has 5 rings (SSSR count). The number of aromatic nitrogens is 7. The van der Waals surface area contributed by atoms with Crippen LogP contribution in [0.3, 0.4) is 0 Å². The molecule has 2 aromatic carbocycles. The molecular weight excluding hydrogens is 422 g/mol. The molecule has 32 heavy (non-hydrogen) atoms. The summed E-state index contributed by atoms with van der Waals surface area (Å²) in [6.07, 6.45) is 3.12. The lowest BCUT2D eigenvalue weighted by molar-refractivity contribution is 0.686. The van der Waals surface area contributed by atoms with Crippen molar-refractivity contribution in [2.75, 3.05) is 0 Å². The van der Waals surface area contributed by atoms with E-state index in [2.05, 4.69) is 67.4 Å². The molecule has 3 aromatic heterocycles. The number of imidazole rings is 1. The van der Waals surface area contributed by atoms with Gasteiger partial charge in [0.1, 0.15) is 16.5 Å². The first kappa shape index (κ1) is 20.3. The van der Waals surface area contributed by atoms with E-state index in [0.29, 0.717) is 17.5 Å². The molecule has 5 aromatic rings. The van der Waals surface area contributed by atoms with Gasteiger partial charge in [-0.2, -0.15) is 0 Å². The van der Waals surface area contributed by atoms with Crippen molar-refractivity contribution in [2.24, 2.45) is 0 Å². The van der Waals surface area contributed by atoms with Crippen LogP contribution in [0.2, 0.25) is 5.15 Å². The van der Waals surface area contributed by atoms with Crippen LogP contribution in [0, 0.1) is 0 Å². The molecule has 1 N–H and O–H groups in total. The Kier molecular flexibility index (Phi) is 5.64. The molecule has 0 aliphatic heterocycles. The summed E-state index contributed by atoms with van der Waals surface area (Å²) in [7, 11) is 0. The predicted molar refractivity (Wildman–Crippen MR) is 125 cm³/mol. The quantitative estimate of drug-likeness (QED) is 0.344. The van der Waals surface area contributed by atoms with E-state index in [-0.39, 0.29) is 0 Å². The van der Waals surface area contributed by atoms with Crippen molar-refractivity contribution in [3.05, 3.63) is 77.2 Å². The van der Waals surface area contributed by atoms with Crippen LogP contribution in [0.15, 0.2) is 60.7 Å². The summed E-state index contributed by atoms with van der Waals surface area (Å²) in [4.78, 5) is 9.36. The van der Waals surface area contributed by atoms with Gasteiger partial charge >= 0.3 is 0 Å². The lowest BCUT2D eigenvalue weighted by Gasteiger charge is -2.11. The highest BCUT2D eigenvalue weighted by Gasteiger charge is 2.14. The second kappa shape index (κ2) is 8.88. The monoisotopic (exact) mass is 443 g/mol. The summed E-state index contributed by atoms with van der Waals surface area (Å²) in [5, 5.41) is 14.8. The number of aromatic amines is 1. The fraction of sp³-hybridized carbons (Fsp3) is 0.208. The number of benzene rings is 2. The Morgan fingerprint density at radius 2 is 1.75 bits per heavy atom. The first-order valence-electron chi connectivity index (χ1n) is 10.7. The van der Waals surface area contributed by atoms with Crippen molar-refractivity contribution in [3.8, 4) is 22.5 Å². The highest BCUT2D eigenvalue weighted by molar-refractivity contribution is 6.29. The molecule has 0 saturated heterocycles. The minimum Gasteiger partial charge on any atom is -0.308 e. The molecule has 0 spiro atoms. The topological polar surface area (TPSA) is 85.2 Å². The molecule has 0 radical (unpaired) electrons. The van der Waals surface area contributed by atoms with Crippen molar-refractivity contribution in [1.82, 2.24) is 35.2 Å². The van der Waals surface area contributed by atoms with Crippen molar-refractivity contribution < 1.29 is 0 Å². The number of nitrogens with zero attached hydrogens (tertiary/aromatic N) is 6. The number of pyridine rings is 1. The molecule has 0 fully saturated rings. The first-order valence-corrected chi connectivity index (χ1v) is 11.0. The fourth-order valence-electron chi connectivity index (χ4n) is 3.90. The van der Waals surface area contributed by atoms with E-state index in [1.807, 2.05) is 24.3 Å². The second-order valence-electron chi connectivity index (χ2n) is 7.69. The number of tetrazole rings is 1. The van der Waals surface area contributed by atoms with Crippen LogP contribution in [0.4, 0.5) is 0 Å². The van der Waals surface area contributed by atoms with Gasteiger partial charge in [-0.1, -0.05) is 73.5 Å². The zero-order chi connectivity index (χ0) is 21.9. The Labute approximate surface area is 190 Å². The third kappa shape index (κ3) is 3.99. The number of H-pyrrole nitrogens is 1. The Bertz CT molecular complexity index is 1340. The van der Waals surface area contributed by atoms with E-state index in [4.69, 9.17) is 16.6 Å². The molecule has 0 bridgehead atoms. The Morgan fingerprint density at radius 3 is 2.50 bits per heavy atom. The van der Waals surface area contributed by atoms with Crippen LogP contribution in [0.25, 0.3) is 33.7 Å². The molecule has 160 valence electrons. The average molecular weight is 444 g/mol. The maximum Gasteiger partial charge on any atom is 0.180 e. The lowest BCUT2D eigenvalue weighted by atomic mass is 9.98. The number of nitrogens with one attached hydrogen (secondary N) is 1. The number of halogens is 1. The van der Waals surface area contributed by atoms with Crippen LogP contribution in [0.1, 0.15) is 31.2 Å². The summed E-state index contributed by atoms with van der Waals surface area (Å²) >= 11 is 6.18. The minimum atomic E-state index is 0.481. The van der Waals surface area contributed by atoms with Gasteiger partial charge in [0.2, 0.25) is 0 Å². The molecule has 0 aliphatic rings. The van der Waals surface area contributed by atoms with Crippen molar-refractivity contribution in [1.29, 1.82) is 0 Å². The van der Waals surface area contributed by atoms with Gasteiger partial charge < -0.3 is 4.57 Å². The summed E-state index contributed by atoms with van der Waals surface area (Å²) in [6.45, 7) is 2.88. The van der Waals surface area contributed by atoms with E-state index in [9.17, 15) is 0 Å². The molecule has 8 heteroatoms. The number of rotatable bonds is 7. The predicted octanol–water partition coefficient (Wildman–Crippen LogP) is 5.32. The number of hydrogen-bond donors (Lipinski definition) is 1. The number of hydrogen-bond acceptors (Lipinski definition) is 5. The molecule has 0 unspecified atom stereocenters. The molecular formula is C24H22ClN7. The van der Waals surface area contributed by atoms with Gasteiger partial charge in [0.25, 0.3) is 0 Å². The van der Waals surface area contributed by atoms with Gasteiger partial charge in [0.05, 0.1) is 6.54 Å². The van der Waals surface area contributed by atoms with Crippen molar-refractivity contribution >= 4 is 22.8 Å². The number of fused-ring (bicyclic) bond motifs is 1. The largest absolute Gasteiger partial charge is 0.308 e. The van der Waals surface area contributed by atoms with E-state index in [1.165, 1.54) is 5.56 Å². The lowest BCUT2D eigenvalue weighted by Crippen LogP contribution is -2.06. The molecule has 3 heterocycles. The van der Waals surface area contributed by atoms with E-state index in [1.54, 1.807) is 6.07 Å². The zero-order valence-electron chi connectivity index (χ0n) is 17.7. The van der Waals surface area contributed by atoms with Gasteiger partial charge in [-0.3, -0.25) is 0 Å². The second-order valence-corrected chi connectivity index (χ2v) is 8.07.